The van der Waals surface area contributed by atoms with Crippen molar-refractivity contribution in [3.05, 3.63) is 112 Å². The van der Waals surface area contributed by atoms with Crippen molar-refractivity contribution >= 4 is 17.4 Å². The number of ether oxygens (including phenoxy) is 1. The molecule has 3 aromatic carbocycles. The zero-order chi connectivity index (χ0) is 23.8. The van der Waals surface area contributed by atoms with Crippen molar-refractivity contribution in [3.8, 4) is 5.69 Å². The number of ketones is 2. The van der Waals surface area contributed by atoms with Crippen LogP contribution in [-0.2, 0) is 4.74 Å². The van der Waals surface area contributed by atoms with E-state index in [0.717, 1.165) is 16.8 Å². The van der Waals surface area contributed by atoms with Crippen molar-refractivity contribution in [1.82, 2.24) is 9.78 Å². The van der Waals surface area contributed by atoms with Crippen LogP contribution in [0.2, 0.25) is 0 Å². The van der Waals surface area contributed by atoms with E-state index >= 15 is 0 Å². The number of hydrogen-bond donors (Lipinski definition) is 1. The molecule has 0 radical (unpaired) electrons. The number of nitrogens with zero attached hydrogens (tertiary/aromatic N) is 2. The van der Waals surface area contributed by atoms with Gasteiger partial charge in [-0.05, 0) is 32.9 Å². The Morgan fingerprint density at radius 3 is 1.94 bits per heavy atom. The predicted molar refractivity (Wildman–Crippen MR) is 131 cm³/mol. The number of nitrogens with one attached hydrogen (secondary N) is 1. The topological polar surface area (TPSA) is 73.2 Å². The van der Waals surface area contributed by atoms with Crippen LogP contribution in [0.5, 0.6) is 0 Å². The van der Waals surface area contributed by atoms with Crippen LogP contribution in [0.4, 0.5) is 5.82 Å². The first kappa shape index (κ1) is 21.8. The summed E-state index contributed by atoms with van der Waals surface area (Å²) in [5, 5.41) is 7.91. The van der Waals surface area contributed by atoms with E-state index in [1.807, 2.05) is 75.4 Å². The number of hydrogen-bond acceptors (Lipinski definition) is 5. The zero-order valence-electron chi connectivity index (χ0n) is 19.3. The molecule has 2 heterocycles. The van der Waals surface area contributed by atoms with Crippen LogP contribution in [0.25, 0.3) is 5.69 Å². The highest BCUT2D eigenvalue weighted by Gasteiger charge is 2.40. The number of carbonyl (C=O) groups excluding carboxylic acids is 2. The van der Waals surface area contributed by atoms with Gasteiger partial charge in [0, 0.05) is 11.1 Å². The molecule has 4 aromatic rings. The molecule has 0 saturated carbocycles. The largest absolute Gasteiger partial charge is 0.338 e. The number of aromatic nitrogens is 2. The van der Waals surface area contributed by atoms with Gasteiger partial charge < -0.3 is 10.1 Å². The maximum absolute atomic E-state index is 13.6. The van der Waals surface area contributed by atoms with E-state index in [-0.39, 0.29) is 11.6 Å². The second kappa shape index (κ2) is 8.72. The number of Topliss-reactive ketones (excluding diaryl/α,β-unsaturated/α-hetero) is 2. The summed E-state index contributed by atoms with van der Waals surface area (Å²) >= 11 is 0. The summed E-state index contributed by atoms with van der Waals surface area (Å²) in [6, 6.07) is 24.3. The van der Waals surface area contributed by atoms with E-state index in [4.69, 9.17) is 9.84 Å². The van der Waals surface area contributed by atoms with Crippen molar-refractivity contribution in [1.29, 1.82) is 0 Å². The number of aryl methyl sites for hydroxylation is 3. The molecule has 5 rings (SSSR count). The minimum Gasteiger partial charge on any atom is -0.338 e. The van der Waals surface area contributed by atoms with Crippen LogP contribution in [0, 0.1) is 20.8 Å². The fourth-order valence-corrected chi connectivity index (χ4v) is 4.17. The van der Waals surface area contributed by atoms with Gasteiger partial charge in [0.05, 0.1) is 16.9 Å². The molecular weight excluding hydrogens is 426 g/mol. The van der Waals surface area contributed by atoms with Gasteiger partial charge in [-0.1, -0.05) is 77.9 Å². The second-order valence-electron chi connectivity index (χ2n) is 8.60. The number of benzene rings is 3. The monoisotopic (exact) mass is 451 g/mol. The minimum absolute atomic E-state index is 0.208. The summed E-state index contributed by atoms with van der Waals surface area (Å²) in [5.74, 6) is 0.136. The van der Waals surface area contributed by atoms with Gasteiger partial charge in [0.15, 0.2) is 18.1 Å². The molecule has 0 unspecified atom stereocenters. The van der Waals surface area contributed by atoms with Crippen LogP contribution in [-0.4, -0.2) is 27.6 Å². The highest BCUT2D eigenvalue weighted by molar-refractivity contribution is 6.04. The molecule has 0 aliphatic carbocycles. The summed E-state index contributed by atoms with van der Waals surface area (Å²) in [6.45, 7) is 5.78. The van der Waals surface area contributed by atoms with Gasteiger partial charge >= 0.3 is 0 Å². The zero-order valence-corrected chi connectivity index (χ0v) is 19.3. The normalized spacial score (nSPS) is 17.0. The van der Waals surface area contributed by atoms with Crippen LogP contribution in [0.1, 0.15) is 49.2 Å². The summed E-state index contributed by atoms with van der Waals surface area (Å²) in [6.07, 6.45) is -2.00. The quantitative estimate of drug-likeness (QED) is 0.413. The fourth-order valence-electron chi connectivity index (χ4n) is 4.17. The van der Waals surface area contributed by atoms with Gasteiger partial charge in [0.2, 0.25) is 5.78 Å². The maximum Gasteiger partial charge on any atom is 0.212 e. The van der Waals surface area contributed by atoms with E-state index in [0.29, 0.717) is 28.2 Å². The van der Waals surface area contributed by atoms with Crippen molar-refractivity contribution in [3.63, 3.8) is 0 Å². The van der Waals surface area contributed by atoms with E-state index in [1.54, 1.807) is 28.9 Å². The molecule has 1 aliphatic heterocycles. The lowest BCUT2D eigenvalue weighted by molar-refractivity contribution is 0.00633. The molecule has 1 N–H and O–H groups in total. The lowest BCUT2D eigenvalue weighted by atomic mass is 9.97. The van der Waals surface area contributed by atoms with Crippen LogP contribution in [0.15, 0.2) is 78.9 Å². The molecule has 170 valence electrons. The number of rotatable bonds is 5. The van der Waals surface area contributed by atoms with Crippen LogP contribution >= 0.6 is 0 Å². The highest BCUT2D eigenvalue weighted by atomic mass is 16.5. The number of carbonyl (C=O) groups is 2. The van der Waals surface area contributed by atoms with Crippen LogP contribution < -0.4 is 5.32 Å². The van der Waals surface area contributed by atoms with Crippen LogP contribution in [0.3, 0.4) is 0 Å². The Morgan fingerprint density at radius 2 is 1.35 bits per heavy atom. The third-order valence-corrected chi connectivity index (χ3v) is 6.06. The van der Waals surface area contributed by atoms with E-state index in [2.05, 4.69) is 5.32 Å². The Bertz CT molecular complexity index is 1360. The third-order valence-electron chi connectivity index (χ3n) is 6.06. The average molecular weight is 452 g/mol. The lowest BCUT2D eigenvalue weighted by Crippen LogP contribution is -2.40. The molecule has 0 spiro atoms. The molecule has 0 saturated heterocycles. The van der Waals surface area contributed by atoms with Gasteiger partial charge in [-0.25, -0.2) is 4.68 Å². The number of fused-ring (bicyclic) bond motifs is 1. The van der Waals surface area contributed by atoms with Gasteiger partial charge in [-0.3, -0.25) is 9.59 Å². The van der Waals surface area contributed by atoms with Crippen molar-refractivity contribution in [2.75, 3.05) is 5.32 Å². The Balaban J connectivity index is 1.60. The molecular formula is C28H25N3O3. The van der Waals surface area contributed by atoms with E-state index < -0.39 is 12.3 Å². The molecule has 6 heteroatoms. The average Bonchev–Trinajstić information content (AvgIpc) is 3.20. The number of anilines is 1. The van der Waals surface area contributed by atoms with E-state index in [9.17, 15) is 9.59 Å². The van der Waals surface area contributed by atoms with Gasteiger partial charge in [0.25, 0.3) is 0 Å². The highest BCUT2D eigenvalue weighted by Crippen LogP contribution is 2.39. The molecule has 1 aromatic heterocycles. The molecule has 0 fully saturated rings. The molecule has 0 amide bonds. The van der Waals surface area contributed by atoms with Gasteiger partial charge in [-0.15, -0.1) is 0 Å². The van der Waals surface area contributed by atoms with Crippen molar-refractivity contribution in [2.45, 2.75) is 33.1 Å². The Hall–Kier alpha value is -4.03. The first-order valence-corrected chi connectivity index (χ1v) is 11.2. The first-order chi connectivity index (χ1) is 16.4. The Morgan fingerprint density at radius 1 is 0.794 bits per heavy atom. The fraction of sp³-hybridized carbons (Fsp3) is 0.179. The number of para-hydroxylation sites is 1. The van der Waals surface area contributed by atoms with Crippen molar-refractivity contribution in [2.24, 2.45) is 0 Å². The molecule has 0 bridgehead atoms. The first-order valence-electron chi connectivity index (χ1n) is 11.2. The summed E-state index contributed by atoms with van der Waals surface area (Å²) in [4.78, 5) is 27.0. The third kappa shape index (κ3) is 3.93. The Kier molecular flexibility index (Phi) is 5.59. The minimum atomic E-state index is -1.03. The van der Waals surface area contributed by atoms with Gasteiger partial charge in [0.1, 0.15) is 5.82 Å². The smallest absolute Gasteiger partial charge is 0.212 e. The van der Waals surface area contributed by atoms with E-state index in [1.165, 1.54) is 0 Å². The predicted octanol–water partition coefficient (Wildman–Crippen LogP) is 5.37. The SMILES string of the molecule is Cc1ccc(C(=O)[C@H]2Nc3c(c(C)nn3-c3ccccc3)[C@H](C(=O)c3ccc(C)cc3)O2)cc1. The summed E-state index contributed by atoms with van der Waals surface area (Å²) in [7, 11) is 0. The molecule has 34 heavy (non-hydrogen) atoms. The molecule has 2 atom stereocenters. The van der Waals surface area contributed by atoms with Gasteiger partial charge in [-0.2, -0.15) is 5.10 Å². The second-order valence-corrected chi connectivity index (χ2v) is 8.60. The van der Waals surface area contributed by atoms with Crippen molar-refractivity contribution < 1.29 is 14.3 Å². The summed E-state index contributed by atoms with van der Waals surface area (Å²) < 4.78 is 7.91. The standard InChI is InChI=1S/C28H25N3O3/c1-17-9-13-20(14-10-17)24(32)26-23-19(3)30-31(22-7-5-4-6-8-22)27(23)29-28(34-26)25(33)21-15-11-18(2)12-16-21/h4-16,26,28-29H,1-3H3/t26-,28+/m1/s1. The molecule has 1 aliphatic rings. The molecule has 6 nitrogen and oxygen atoms in total. The lowest BCUT2D eigenvalue weighted by Gasteiger charge is -2.31. The maximum atomic E-state index is 13.6. The summed E-state index contributed by atoms with van der Waals surface area (Å²) in [5.41, 5.74) is 5.28. The Labute approximate surface area is 198 Å².